The number of halogens is 1. The van der Waals surface area contributed by atoms with E-state index in [-0.39, 0.29) is 31.0 Å². The summed E-state index contributed by atoms with van der Waals surface area (Å²) in [6.45, 7) is 0.0171. The molecule has 3 rings (SSSR count). The third-order valence-corrected chi connectivity index (χ3v) is 4.54. The van der Waals surface area contributed by atoms with Crippen LogP contribution in [0.25, 0.3) is 0 Å². The van der Waals surface area contributed by atoms with E-state index in [1.807, 2.05) is 6.07 Å². The first kappa shape index (κ1) is 18.6. The van der Waals surface area contributed by atoms with Crippen molar-refractivity contribution in [2.75, 3.05) is 11.4 Å². The van der Waals surface area contributed by atoms with Gasteiger partial charge >= 0.3 is 5.97 Å². The molecular weight excluding hydrogens is 351 g/mol. The Morgan fingerprint density at radius 2 is 1.81 bits per heavy atom. The first-order valence-corrected chi connectivity index (χ1v) is 8.57. The minimum Gasteiger partial charge on any atom is -0.480 e. The molecule has 140 valence electrons. The molecule has 27 heavy (non-hydrogen) atoms. The number of hydrogen-bond acceptors (Lipinski definition) is 3. The molecule has 0 spiro atoms. The molecule has 0 aliphatic carbocycles. The number of carbonyl (C=O) groups excluding carboxylic acids is 2. The molecule has 6 nitrogen and oxygen atoms in total. The first-order chi connectivity index (χ1) is 13.0. The average molecular weight is 370 g/mol. The highest BCUT2D eigenvalue weighted by atomic mass is 19.1. The molecule has 1 heterocycles. The van der Waals surface area contributed by atoms with Gasteiger partial charge < -0.3 is 15.3 Å². The highest BCUT2D eigenvalue weighted by molar-refractivity contribution is 6.00. The summed E-state index contributed by atoms with van der Waals surface area (Å²) in [6, 6.07) is 13.7. The van der Waals surface area contributed by atoms with Gasteiger partial charge in [0.15, 0.2) is 0 Å². The Morgan fingerprint density at radius 3 is 2.48 bits per heavy atom. The molecule has 1 unspecified atom stereocenters. The lowest BCUT2D eigenvalue weighted by molar-refractivity contribution is -0.142. The van der Waals surface area contributed by atoms with Gasteiger partial charge in [-0.2, -0.15) is 0 Å². The Hall–Kier alpha value is -3.22. The van der Waals surface area contributed by atoms with Gasteiger partial charge in [-0.15, -0.1) is 0 Å². The molecule has 0 aromatic heterocycles. The largest absolute Gasteiger partial charge is 0.480 e. The predicted molar refractivity (Wildman–Crippen MR) is 96.6 cm³/mol. The van der Waals surface area contributed by atoms with Crippen molar-refractivity contribution in [3.8, 4) is 0 Å². The van der Waals surface area contributed by atoms with Crippen LogP contribution >= 0.6 is 0 Å². The summed E-state index contributed by atoms with van der Waals surface area (Å²) in [5, 5.41) is 11.9. The summed E-state index contributed by atoms with van der Waals surface area (Å²) >= 11 is 0. The van der Waals surface area contributed by atoms with Crippen LogP contribution in [0.1, 0.15) is 12.0 Å². The minimum atomic E-state index is -1.15. The number of benzene rings is 2. The van der Waals surface area contributed by atoms with E-state index >= 15 is 0 Å². The van der Waals surface area contributed by atoms with E-state index in [1.54, 1.807) is 30.3 Å². The smallest absolute Gasteiger partial charge is 0.326 e. The number of para-hydroxylation sites is 1. The molecule has 1 aliphatic rings. The number of carbonyl (C=O) groups is 3. The van der Waals surface area contributed by atoms with E-state index in [0.29, 0.717) is 0 Å². The Morgan fingerprint density at radius 1 is 1.15 bits per heavy atom. The van der Waals surface area contributed by atoms with Gasteiger partial charge in [0.1, 0.15) is 11.9 Å². The van der Waals surface area contributed by atoms with Crippen molar-refractivity contribution in [1.29, 1.82) is 0 Å². The Bertz CT molecular complexity index is 856. The van der Waals surface area contributed by atoms with E-state index in [9.17, 15) is 23.9 Å². The van der Waals surface area contributed by atoms with Crippen LogP contribution in [-0.2, 0) is 20.8 Å². The summed E-state index contributed by atoms with van der Waals surface area (Å²) in [6.07, 6.45) is 0.0530. The highest BCUT2D eigenvalue weighted by Crippen LogP contribution is 2.27. The van der Waals surface area contributed by atoms with Crippen molar-refractivity contribution >= 4 is 23.5 Å². The number of hydrogen-bond donors (Lipinski definition) is 2. The zero-order valence-corrected chi connectivity index (χ0v) is 14.5. The SMILES string of the molecule is O=C(N[C@@H](Cc1ccccc1)C(=O)O)C1CC(=O)N(c2ccccc2F)C1. The number of nitrogens with one attached hydrogen (secondary N) is 1. The van der Waals surface area contributed by atoms with E-state index < -0.39 is 29.7 Å². The van der Waals surface area contributed by atoms with Gasteiger partial charge in [-0.3, -0.25) is 9.59 Å². The quantitative estimate of drug-likeness (QED) is 0.814. The second-order valence-corrected chi connectivity index (χ2v) is 6.45. The topological polar surface area (TPSA) is 86.7 Å². The van der Waals surface area contributed by atoms with Crippen LogP contribution < -0.4 is 10.2 Å². The van der Waals surface area contributed by atoms with Crippen molar-refractivity contribution in [2.45, 2.75) is 18.9 Å². The molecule has 0 radical (unpaired) electrons. The molecule has 2 atom stereocenters. The zero-order chi connectivity index (χ0) is 19.4. The zero-order valence-electron chi connectivity index (χ0n) is 14.5. The van der Waals surface area contributed by atoms with Gasteiger partial charge in [0.25, 0.3) is 0 Å². The maximum absolute atomic E-state index is 13.9. The third kappa shape index (κ3) is 4.31. The van der Waals surface area contributed by atoms with Crippen molar-refractivity contribution < 1.29 is 23.9 Å². The predicted octanol–water partition coefficient (Wildman–Crippen LogP) is 1.99. The molecule has 2 N–H and O–H groups in total. The molecule has 2 aromatic carbocycles. The van der Waals surface area contributed by atoms with Crippen molar-refractivity contribution in [2.24, 2.45) is 5.92 Å². The minimum absolute atomic E-state index is 0.0171. The third-order valence-electron chi connectivity index (χ3n) is 4.54. The van der Waals surface area contributed by atoms with Crippen LogP contribution in [0.4, 0.5) is 10.1 Å². The van der Waals surface area contributed by atoms with Gasteiger partial charge in [0.05, 0.1) is 11.6 Å². The summed E-state index contributed by atoms with van der Waals surface area (Å²) < 4.78 is 13.9. The van der Waals surface area contributed by atoms with E-state index in [1.165, 1.54) is 23.1 Å². The van der Waals surface area contributed by atoms with E-state index in [0.717, 1.165) is 5.56 Å². The monoisotopic (exact) mass is 370 g/mol. The van der Waals surface area contributed by atoms with Crippen molar-refractivity contribution in [3.63, 3.8) is 0 Å². The van der Waals surface area contributed by atoms with Crippen LogP contribution in [0.5, 0.6) is 0 Å². The number of anilines is 1. The fourth-order valence-corrected chi connectivity index (χ4v) is 3.13. The molecule has 1 aliphatic heterocycles. The number of nitrogens with zero attached hydrogens (tertiary/aromatic N) is 1. The maximum atomic E-state index is 13.9. The maximum Gasteiger partial charge on any atom is 0.326 e. The normalized spacial score (nSPS) is 17.6. The van der Waals surface area contributed by atoms with Gasteiger partial charge in [-0.25, -0.2) is 9.18 Å². The Kier molecular flexibility index (Phi) is 5.49. The van der Waals surface area contributed by atoms with E-state index in [2.05, 4.69) is 5.32 Å². The molecule has 2 amide bonds. The van der Waals surface area contributed by atoms with Crippen LogP contribution in [0.2, 0.25) is 0 Å². The molecule has 1 fully saturated rings. The summed E-state index contributed by atoms with van der Waals surface area (Å²) in [4.78, 5) is 37.5. The lowest BCUT2D eigenvalue weighted by Gasteiger charge is -2.19. The fraction of sp³-hybridized carbons (Fsp3) is 0.250. The Balaban J connectivity index is 1.67. The van der Waals surface area contributed by atoms with Crippen LogP contribution in [0, 0.1) is 11.7 Å². The highest BCUT2D eigenvalue weighted by Gasteiger charge is 2.37. The number of rotatable bonds is 6. The second-order valence-electron chi connectivity index (χ2n) is 6.45. The molecule has 2 aromatic rings. The van der Waals surface area contributed by atoms with Gasteiger partial charge in [-0.1, -0.05) is 42.5 Å². The number of aliphatic carboxylic acids is 1. The molecule has 1 saturated heterocycles. The molecule has 0 bridgehead atoms. The van der Waals surface area contributed by atoms with Gasteiger partial charge in [0, 0.05) is 19.4 Å². The number of amides is 2. The van der Waals surface area contributed by atoms with Crippen LogP contribution in [-0.4, -0.2) is 35.5 Å². The van der Waals surface area contributed by atoms with Gasteiger partial charge in [0.2, 0.25) is 11.8 Å². The fourth-order valence-electron chi connectivity index (χ4n) is 3.13. The van der Waals surface area contributed by atoms with Crippen molar-refractivity contribution in [1.82, 2.24) is 5.32 Å². The standard InChI is InChI=1S/C20H19FN2O4/c21-15-8-4-5-9-17(15)23-12-14(11-18(23)24)19(25)22-16(20(26)27)10-13-6-2-1-3-7-13/h1-9,14,16H,10-12H2,(H,22,25)(H,26,27)/t14?,16-/m0/s1. The van der Waals surface area contributed by atoms with Crippen LogP contribution in [0.15, 0.2) is 54.6 Å². The Labute approximate surface area is 155 Å². The summed E-state index contributed by atoms with van der Waals surface area (Å²) in [5.74, 6) is -3.31. The lowest BCUT2D eigenvalue weighted by Crippen LogP contribution is -2.45. The molecule has 7 heteroatoms. The van der Waals surface area contributed by atoms with Gasteiger partial charge in [-0.05, 0) is 17.7 Å². The van der Waals surface area contributed by atoms with E-state index in [4.69, 9.17) is 0 Å². The lowest BCUT2D eigenvalue weighted by atomic mass is 10.0. The molecular formula is C20H19FN2O4. The number of carboxylic acid groups (broad SMARTS) is 1. The molecule has 0 saturated carbocycles. The van der Waals surface area contributed by atoms with Crippen molar-refractivity contribution in [3.05, 3.63) is 66.0 Å². The summed E-state index contributed by atoms with van der Waals surface area (Å²) in [7, 11) is 0. The second kappa shape index (κ2) is 7.99. The van der Waals surface area contributed by atoms with Crippen LogP contribution in [0.3, 0.4) is 0 Å². The average Bonchev–Trinajstić information content (AvgIpc) is 3.04. The first-order valence-electron chi connectivity index (χ1n) is 8.57. The number of carboxylic acids is 1. The summed E-state index contributed by atoms with van der Waals surface area (Å²) in [5.41, 5.74) is 0.901.